The van der Waals surface area contributed by atoms with Crippen LogP contribution in [0.5, 0.6) is 0 Å². The van der Waals surface area contributed by atoms with Crippen LogP contribution >= 0.6 is 11.6 Å². The normalized spacial score (nSPS) is 11.5. The number of halogens is 4. The number of esters is 1. The number of alkyl halides is 3. The Hall–Kier alpha value is -2.16. The third kappa shape index (κ3) is 3.30. The average molecular weight is 322 g/mol. The smallest absolute Gasteiger partial charge is 0.417 e. The van der Waals surface area contributed by atoms with E-state index in [0.717, 1.165) is 0 Å². The van der Waals surface area contributed by atoms with Gasteiger partial charge in [-0.2, -0.15) is 18.2 Å². The fraction of sp³-hybridized carbons (Fsp3) is 0.273. The summed E-state index contributed by atoms with van der Waals surface area (Å²) in [6.45, 7) is 1.69. The van der Waals surface area contributed by atoms with E-state index in [9.17, 15) is 18.0 Å². The quantitative estimate of drug-likeness (QED) is 0.809. The van der Waals surface area contributed by atoms with E-state index >= 15 is 0 Å². The van der Waals surface area contributed by atoms with Gasteiger partial charge in [0.1, 0.15) is 5.69 Å². The molecule has 10 heteroatoms. The number of nitrogens with zero attached hydrogens (tertiary/aromatic N) is 3. The highest BCUT2D eigenvalue weighted by Crippen LogP contribution is 2.33. The number of pyridine rings is 1. The molecule has 2 aromatic heterocycles. The summed E-state index contributed by atoms with van der Waals surface area (Å²) in [5.74, 6) is -1.50. The molecule has 0 radical (unpaired) electrons. The van der Waals surface area contributed by atoms with Crippen molar-refractivity contribution in [2.24, 2.45) is 0 Å². The van der Waals surface area contributed by atoms with Crippen molar-refractivity contribution < 1.29 is 27.2 Å². The molecule has 0 saturated carbocycles. The van der Waals surface area contributed by atoms with Gasteiger partial charge in [-0.15, -0.1) is 0 Å². The number of ether oxygens (including phenoxy) is 1. The number of carbonyl (C=O) groups is 1. The second-order valence-corrected chi connectivity index (χ2v) is 4.10. The fourth-order valence-corrected chi connectivity index (χ4v) is 1.60. The predicted molar refractivity (Wildman–Crippen MR) is 63.5 cm³/mol. The summed E-state index contributed by atoms with van der Waals surface area (Å²) in [6.07, 6.45) is -3.98. The van der Waals surface area contributed by atoms with E-state index in [-0.39, 0.29) is 23.1 Å². The molecule has 0 fully saturated rings. The summed E-state index contributed by atoms with van der Waals surface area (Å²) < 4.78 is 46.7. The van der Waals surface area contributed by atoms with Gasteiger partial charge in [-0.05, 0) is 13.0 Å². The summed E-state index contributed by atoms with van der Waals surface area (Å²) in [7, 11) is 0. The van der Waals surface area contributed by atoms with Crippen LogP contribution in [0.4, 0.5) is 13.2 Å². The Labute approximate surface area is 120 Å². The van der Waals surface area contributed by atoms with E-state index in [4.69, 9.17) is 11.6 Å². The molecule has 0 aromatic carbocycles. The Morgan fingerprint density at radius 2 is 2.19 bits per heavy atom. The van der Waals surface area contributed by atoms with Gasteiger partial charge in [0.05, 0.1) is 17.2 Å². The highest BCUT2D eigenvalue weighted by atomic mass is 35.5. The van der Waals surface area contributed by atoms with Crippen LogP contribution in [0.3, 0.4) is 0 Å². The highest BCUT2D eigenvalue weighted by molar-refractivity contribution is 6.32. The molecule has 2 heterocycles. The molecule has 2 rings (SSSR count). The topological polar surface area (TPSA) is 78.1 Å². The van der Waals surface area contributed by atoms with Crippen LogP contribution < -0.4 is 0 Å². The summed E-state index contributed by atoms with van der Waals surface area (Å²) >= 11 is 5.72. The summed E-state index contributed by atoms with van der Waals surface area (Å²) in [6, 6.07) is 0.685. The first kappa shape index (κ1) is 15.2. The van der Waals surface area contributed by atoms with E-state index in [1.54, 1.807) is 6.92 Å². The third-order valence-corrected chi connectivity index (χ3v) is 2.54. The first-order chi connectivity index (χ1) is 9.82. The van der Waals surface area contributed by atoms with Crippen molar-refractivity contribution in [3.05, 3.63) is 28.7 Å². The number of hydrogen-bond donors (Lipinski definition) is 0. The van der Waals surface area contributed by atoms with Crippen molar-refractivity contribution in [2.45, 2.75) is 13.1 Å². The minimum absolute atomic E-state index is 0.107. The molecule has 0 amide bonds. The summed E-state index contributed by atoms with van der Waals surface area (Å²) in [4.78, 5) is 18.6. The van der Waals surface area contributed by atoms with Crippen LogP contribution in [0.1, 0.15) is 23.2 Å². The van der Waals surface area contributed by atoms with Crippen molar-refractivity contribution in [3.63, 3.8) is 0 Å². The average Bonchev–Trinajstić information content (AvgIpc) is 2.87. The van der Waals surface area contributed by atoms with E-state index in [1.807, 2.05) is 0 Å². The van der Waals surface area contributed by atoms with Gasteiger partial charge in [-0.1, -0.05) is 16.8 Å². The van der Waals surface area contributed by atoms with Crippen molar-refractivity contribution in [1.29, 1.82) is 0 Å². The van der Waals surface area contributed by atoms with E-state index < -0.39 is 23.6 Å². The maximum Gasteiger partial charge on any atom is 0.417 e. The molecule has 0 aliphatic heterocycles. The number of rotatable bonds is 3. The Kier molecular flexibility index (Phi) is 4.12. The zero-order chi connectivity index (χ0) is 15.6. The summed E-state index contributed by atoms with van der Waals surface area (Å²) in [5.41, 5.74) is -1.14. The van der Waals surface area contributed by atoms with E-state index in [1.165, 1.54) is 0 Å². The van der Waals surface area contributed by atoms with Gasteiger partial charge in [0.15, 0.2) is 0 Å². The van der Waals surface area contributed by atoms with Crippen LogP contribution in [-0.4, -0.2) is 27.7 Å². The minimum Gasteiger partial charge on any atom is -0.459 e. The Bertz CT molecular complexity index is 672. The van der Waals surface area contributed by atoms with Gasteiger partial charge in [0.2, 0.25) is 5.82 Å². The molecule has 21 heavy (non-hydrogen) atoms. The molecule has 0 aliphatic carbocycles. The molecule has 112 valence electrons. The molecule has 0 N–H and O–H groups in total. The Balaban J connectivity index is 2.33. The lowest BCUT2D eigenvalue weighted by molar-refractivity contribution is -0.137. The Morgan fingerprint density at radius 3 is 2.76 bits per heavy atom. The maximum absolute atomic E-state index is 12.5. The third-order valence-electron chi connectivity index (χ3n) is 2.26. The van der Waals surface area contributed by atoms with Crippen LogP contribution in [0.2, 0.25) is 5.02 Å². The predicted octanol–water partition coefficient (Wildman–Crippen LogP) is 2.98. The molecular formula is C11H7ClF3N3O3. The standard InChI is InChI=1S/C11H7ClF3N3O3/c1-2-20-10(19)9-17-8(18-21-9)7-6(12)3-5(4-16-7)11(13,14)15/h3-4H,2H2,1H3. The van der Waals surface area contributed by atoms with Gasteiger partial charge in [-0.3, -0.25) is 4.98 Å². The highest BCUT2D eigenvalue weighted by Gasteiger charge is 2.32. The number of aromatic nitrogens is 3. The second-order valence-electron chi connectivity index (χ2n) is 3.70. The molecule has 0 spiro atoms. The molecule has 0 bridgehead atoms. The van der Waals surface area contributed by atoms with Crippen LogP contribution in [0, 0.1) is 0 Å². The molecule has 0 unspecified atom stereocenters. The zero-order valence-electron chi connectivity index (χ0n) is 10.4. The fourth-order valence-electron chi connectivity index (χ4n) is 1.35. The second kappa shape index (κ2) is 5.68. The summed E-state index contributed by atoms with van der Waals surface area (Å²) in [5, 5.41) is 3.11. The largest absolute Gasteiger partial charge is 0.459 e. The van der Waals surface area contributed by atoms with Crippen molar-refractivity contribution in [1.82, 2.24) is 15.1 Å². The first-order valence-electron chi connectivity index (χ1n) is 5.57. The van der Waals surface area contributed by atoms with Crippen molar-refractivity contribution in [2.75, 3.05) is 6.61 Å². The van der Waals surface area contributed by atoms with E-state index in [0.29, 0.717) is 12.3 Å². The number of hydrogen-bond acceptors (Lipinski definition) is 6. The van der Waals surface area contributed by atoms with Crippen molar-refractivity contribution >= 4 is 17.6 Å². The Morgan fingerprint density at radius 1 is 1.48 bits per heavy atom. The maximum atomic E-state index is 12.5. The molecule has 0 atom stereocenters. The zero-order valence-corrected chi connectivity index (χ0v) is 11.2. The molecular weight excluding hydrogens is 315 g/mol. The minimum atomic E-state index is -4.57. The molecule has 0 saturated heterocycles. The van der Waals surface area contributed by atoms with E-state index in [2.05, 4.69) is 24.4 Å². The lowest BCUT2D eigenvalue weighted by atomic mass is 10.2. The SMILES string of the molecule is CCOC(=O)c1nc(-c2ncc(C(F)(F)F)cc2Cl)no1. The molecule has 2 aromatic rings. The van der Waals surface area contributed by atoms with Gasteiger partial charge in [-0.25, -0.2) is 4.79 Å². The van der Waals surface area contributed by atoms with Gasteiger partial charge in [0, 0.05) is 6.20 Å². The first-order valence-corrected chi connectivity index (χ1v) is 5.94. The van der Waals surface area contributed by atoms with Gasteiger partial charge < -0.3 is 9.26 Å². The monoisotopic (exact) mass is 321 g/mol. The molecule has 0 aliphatic rings. The van der Waals surface area contributed by atoms with Crippen LogP contribution in [-0.2, 0) is 10.9 Å². The lowest BCUT2D eigenvalue weighted by Crippen LogP contribution is -2.06. The van der Waals surface area contributed by atoms with Crippen LogP contribution in [0.15, 0.2) is 16.8 Å². The van der Waals surface area contributed by atoms with Gasteiger partial charge >= 0.3 is 18.0 Å². The number of carbonyl (C=O) groups excluding carboxylic acids is 1. The molecule has 6 nitrogen and oxygen atoms in total. The van der Waals surface area contributed by atoms with Crippen LogP contribution in [0.25, 0.3) is 11.5 Å². The van der Waals surface area contributed by atoms with Gasteiger partial charge in [0.25, 0.3) is 0 Å². The van der Waals surface area contributed by atoms with Crippen molar-refractivity contribution in [3.8, 4) is 11.5 Å². The lowest BCUT2D eigenvalue weighted by Gasteiger charge is -2.07.